The van der Waals surface area contributed by atoms with Gasteiger partial charge >= 0.3 is 6.18 Å². The predicted octanol–water partition coefficient (Wildman–Crippen LogP) is 4.90. The number of halogens is 4. The van der Waals surface area contributed by atoms with Crippen LogP contribution >= 0.6 is 11.6 Å². The highest BCUT2D eigenvalue weighted by Gasteiger charge is 2.64. The standard InChI is InChI=1S/C70H102ClF3N12O12/c1-10-42(2)56-64(95)78(5)41-55(88)84-35-21-26-52(84)62(93)80(7)53(39-45-22-13-11-14-23-45)63(94)86-37-19-24-50(86)59(90)75-49(30-28-46-27-29-47(48(71)38-46)70(72,73)74)61(92)85-36-20-25-51(85)60(91)77-68(31-15-16-32-68)66(97)81(8)57-43(3)69(82(9)65(57)96,67(98)83-33-17-12-18-34-83)40-54(87)79(6)44(4)58(89)76-56/h27,29,38,42-45,49-53,56-57H,10-26,28,30-37,39-41H2,1-9H3,(H,75,90)(H,76,89)(H,77,91)/t42-,43?,44-,49-,50+,51-,52-,53-,56-,57-,69+/m0/s1. The van der Waals surface area contributed by atoms with Crippen molar-refractivity contribution < 1.29 is 70.7 Å². The van der Waals surface area contributed by atoms with Crippen molar-refractivity contribution in [3.8, 4) is 0 Å². The third-order valence-corrected chi connectivity index (χ3v) is 23.6. The molecule has 542 valence electrons. The van der Waals surface area contributed by atoms with Gasteiger partial charge in [0.05, 0.1) is 23.6 Å². The summed E-state index contributed by atoms with van der Waals surface area (Å²) in [6.45, 7) is 7.24. The van der Waals surface area contributed by atoms with Gasteiger partial charge in [-0.3, -0.25) is 57.5 Å². The van der Waals surface area contributed by atoms with E-state index >= 15 is 43.2 Å². The third-order valence-electron chi connectivity index (χ3n) is 23.3. The summed E-state index contributed by atoms with van der Waals surface area (Å²) in [6.07, 6.45) is 4.64. The van der Waals surface area contributed by atoms with Crippen LogP contribution in [0.1, 0.15) is 180 Å². The fourth-order valence-corrected chi connectivity index (χ4v) is 17.2. The van der Waals surface area contributed by atoms with Crippen LogP contribution in [0.15, 0.2) is 18.2 Å². The zero-order valence-corrected chi connectivity index (χ0v) is 59.3. The average molecular weight is 1400 g/mol. The van der Waals surface area contributed by atoms with Gasteiger partial charge in [0.2, 0.25) is 70.9 Å². The maximum atomic E-state index is 15.5. The van der Waals surface area contributed by atoms with Crippen molar-refractivity contribution in [3.05, 3.63) is 34.3 Å². The van der Waals surface area contributed by atoms with Crippen LogP contribution in [0.25, 0.3) is 0 Å². The molecule has 8 aliphatic rings. The number of hydrogen-bond acceptors (Lipinski definition) is 12. The zero-order valence-electron chi connectivity index (χ0n) is 58.5. The molecule has 6 heterocycles. The van der Waals surface area contributed by atoms with E-state index in [1.54, 1.807) is 18.7 Å². The molecule has 0 aromatic heterocycles. The second kappa shape index (κ2) is 31.2. The molecular formula is C70H102ClF3N12O12. The van der Waals surface area contributed by atoms with Crippen LogP contribution < -0.4 is 16.0 Å². The highest BCUT2D eigenvalue weighted by molar-refractivity contribution is 6.31. The Bertz CT molecular complexity index is 3210. The molecule has 11 atom stereocenters. The molecule has 1 spiro atoms. The number of piperidine rings is 1. The molecule has 98 heavy (non-hydrogen) atoms. The molecular weight excluding hydrogens is 1290 g/mol. The summed E-state index contributed by atoms with van der Waals surface area (Å²) in [6, 6.07) is -6.45. The number of fused-ring (bicyclic) bond motifs is 5. The fourth-order valence-electron chi connectivity index (χ4n) is 16.9. The van der Waals surface area contributed by atoms with Gasteiger partial charge in [-0.15, -0.1) is 0 Å². The lowest BCUT2D eigenvalue weighted by Gasteiger charge is -2.43. The first-order valence-corrected chi connectivity index (χ1v) is 36.1. The van der Waals surface area contributed by atoms with E-state index in [0.29, 0.717) is 70.0 Å². The lowest BCUT2D eigenvalue weighted by Crippen LogP contribution is -2.64. The summed E-state index contributed by atoms with van der Waals surface area (Å²) in [5.41, 5.74) is -4.26. The van der Waals surface area contributed by atoms with E-state index in [4.69, 9.17) is 11.6 Å². The van der Waals surface area contributed by atoms with Gasteiger partial charge in [-0.05, 0) is 126 Å². The van der Waals surface area contributed by atoms with Gasteiger partial charge in [-0.2, -0.15) is 13.2 Å². The smallest absolute Gasteiger partial charge is 0.342 e. The number of aryl methyl sites for hydroxylation is 1. The van der Waals surface area contributed by atoms with E-state index in [-0.39, 0.29) is 76.9 Å². The second-order valence-electron chi connectivity index (χ2n) is 29.3. The molecule has 6 saturated heterocycles. The van der Waals surface area contributed by atoms with E-state index in [0.717, 1.165) is 55.6 Å². The van der Waals surface area contributed by atoms with Crippen LogP contribution in [0.5, 0.6) is 0 Å². The number of rotatable bonds is 8. The number of carbonyl (C=O) groups excluding carboxylic acids is 12. The number of benzene rings is 1. The topological polar surface area (TPSA) is 270 Å². The molecule has 12 amide bonds. The molecule has 2 bridgehead atoms. The molecule has 1 aromatic rings. The van der Waals surface area contributed by atoms with Crippen molar-refractivity contribution in [1.82, 2.24) is 60.0 Å². The lowest BCUT2D eigenvalue weighted by molar-refractivity contribution is -0.155. The van der Waals surface area contributed by atoms with Crippen molar-refractivity contribution in [2.24, 2.45) is 17.8 Å². The summed E-state index contributed by atoms with van der Waals surface area (Å²) in [5.74, 6) is -8.96. The van der Waals surface area contributed by atoms with Gasteiger partial charge in [0, 0.05) is 73.9 Å². The zero-order chi connectivity index (χ0) is 71.5. The SMILES string of the molecule is CC[C@H](C)[C@@H]1NC(=O)[C@H](C)N(C)C(=O)C[C@]2(C(=O)N3CCCCC3)C(C)[C@@H](C(=O)N2C)N(C)C(=O)C2(CCCC2)NC(=O)[C@@H]2CCCN2C(=O)[C@H](CCc2ccc(C(F)(F)F)c(Cl)c2)NC(=O)[C@H]2CCCN2C(=O)[C@H](CC2CCCCC2)N(C)C(=O)[C@@H]2CCCN2C(=O)CN(C)C1=O. The molecule has 1 aromatic carbocycles. The first-order valence-electron chi connectivity index (χ1n) is 35.7. The van der Waals surface area contributed by atoms with E-state index in [2.05, 4.69) is 16.0 Å². The average Bonchev–Trinajstić information content (AvgIpc) is 1.56. The highest BCUT2D eigenvalue weighted by atomic mass is 35.5. The number of likely N-dealkylation sites (tertiary alicyclic amines) is 2. The second-order valence-corrected chi connectivity index (χ2v) is 29.7. The normalized spacial score (nSPS) is 30.5. The number of carbonyl (C=O) groups is 12. The Balaban J connectivity index is 1.09. The van der Waals surface area contributed by atoms with Crippen molar-refractivity contribution in [2.45, 2.75) is 241 Å². The summed E-state index contributed by atoms with van der Waals surface area (Å²) in [4.78, 5) is 193. The molecule has 8 fully saturated rings. The number of nitrogens with one attached hydrogen (secondary N) is 3. The van der Waals surface area contributed by atoms with E-state index in [1.807, 2.05) is 6.92 Å². The number of alkyl halides is 3. The minimum Gasteiger partial charge on any atom is -0.342 e. The number of likely N-dealkylation sites (N-methyl/N-ethyl adjacent to an activating group) is 5. The monoisotopic (exact) mass is 1390 g/mol. The van der Waals surface area contributed by atoms with Crippen LogP contribution in [0.4, 0.5) is 13.2 Å². The summed E-state index contributed by atoms with van der Waals surface area (Å²) >= 11 is 6.19. The van der Waals surface area contributed by atoms with Crippen LogP contribution in [0.2, 0.25) is 5.02 Å². The number of hydrogen-bond donors (Lipinski definition) is 3. The third kappa shape index (κ3) is 15.3. The Labute approximate surface area is 578 Å². The van der Waals surface area contributed by atoms with Crippen molar-refractivity contribution >= 4 is 82.5 Å². The molecule has 0 radical (unpaired) electrons. The quantitative estimate of drug-likeness (QED) is 0.314. The van der Waals surface area contributed by atoms with Gasteiger partial charge in [-0.25, -0.2) is 0 Å². The molecule has 6 aliphatic heterocycles. The van der Waals surface area contributed by atoms with Gasteiger partial charge < -0.3 is 60.0 Å². The fraction of sp³-hybridized carbons (Fsp3) is 0.743. The van der Waals surface area contributed by atoms with Crippen molar-refractivity contribution in [1.29, 1.82) is 0 Å². The Morgan fingerprint density at radius 1 is 0.633 bits per heavy atom. The maximum Gasteiger partial charge on any atom is 0.417 e. The van der Waals surface area contributed by atoms with Gasteiger partial charge in [0.25, 0.3) is 0 Å². The van der Waals surface area contributed by atoms with Gasteiger partial charge in [0.15, 0.2) is 0 Å². The molecule has 2 aliphatic carbocycles. The first kappa shape index (κ1) is 75.1. The minimum atomic E-state index is -4.76. The Morgan fingerprint density at radius 2 is 1.22 bits per heavy atom. The van der Waals surface area contributed by atoms with Crippen LogP contribution in [0, 0.1) is 17.8 Å². The molecule has 3 N–H and O–H groups in total. The largest absolute Gasteiger partial charge is 0.417 e. The molecule has 1 unspecified atom stereocenters. The Hall–Kier alpha value is -7.06. The van der Waals surface area contributed by atoms with Crippen LogP contribution in [-0.4, -0.2) is 249 Å². The number of nitrogens with zero attached hydrogens (tertiary/aromatic N) is 9. The maximum absolute atomic E-state index is 15.5. The predicted molar refractivity (Wildman–Crippen MR) is 356 cm³/mol. The van der Waals surface area contributed by atoms with E-state index in [1.165, 1.54) is 82.5 Å². The molecule has 28 heteroatoms. The van der Waals surface area contributed by atoms with Crippen molar-refractivity contribution in [2.75, 3.05) is 74.5 Å². The summed E-state index contributed by atoms with van der Waals surface area (Å²) < 4.78 is 41.8. The molecule has 9 rings (SSSR count). The Kier molecular flexibility index (Phi) is 23.9. The molecule has 24 nitrogen and oxygen atoms in total. The lowest BCUT2D eigenvalue weighted by atomic mass is 9.78. The molecule has 2 saturated carbocycles. The first-order chi connectivity index (χ1) is 46.4. The van der Waals surface area contributed by atoms with Crippen LogP contribution in [-0.2, 0) is 70.1 Å². The van der Waals surface area contributed by atoms with Crippen molar-refractivity contribution in [3.63, 3.8) is 0 Å². The minimum absolute atomic E-state index is 0.0375. The summed E-state index contributed by atoms with van der Waals surface area (Å²) in [5, 5.41) is 8.23. The highest BCUT2D eigenvalue weighted by Crippen LogP contribution is 2.45. The van der Waals surface area contributed by atoms with Gasteiger partial charge in [-0.1, -0.05) is 89.8 Å². The summed E-state index contributed by atoms with van der Waals surface area (Å²) in [7, 11) is 7.19. The van der Waals surface area contributed by atoms with E-state index in [9.17, 15) is 27.6 Å². The Morgan fingerprint density at radius 3 is 1.84 bits per heavy atom. The van der Waals surface area contributed by atoms with E-state index < -0.39 is 172 Å². The number of amides is 12. The van der Waals surface area contributed by atoms with Gasteiger partial charge in [0.1, 0.15) is 59.4 Å². The van der Waals surface area contributed by atoms with Crippen LogP contribution in [0.3, 0.4) is 0 Å².